The van der Waals surface area contributed by atoms with E-state index < -0.39 is 5.41 Å². The van der Waals surface area contributed by atoms with Crippen LogP contribution < -0.4 is 5.32 Å². The summed E-state index contributed by atoms with van der Waals surface area (Å²) in [4.78, 5) is 40.6. The second-order valence-corrected chi connectivity index (χ2v) is 8.00. The molecule has 6 nitrogen and oxygen atoms in total. The van der Waals surface area contributed by atoms with Crippen molar-refractivity contribution in [3.63, 3.8) is 0 Å². The van der Waals surface area contributed by atoms with Crippen molar-refractivity contribution in [1.29, 1.82) is 0 Å². The Morgan fingerprint density at radius 2 is 1.70 bits per heavy atom. The van der Waals surface area contributed by atoms with E-state index >= 15 is 0 Å². The molecule has 3 amide bonds. The summed E-state index contributed by atoms with van der Waals surface area (Å²) >= 11 is 0. The number of nitrogens with zero attached hydrogens (tertiary/aromatic N) is 2. The molecule has 0 saturated carbocycles. The minimum absolute atomic E-state index is 0.00941. The Kier molecular flexibility index (Phi) is 5.53. The van der Waals surface area contributed by atoms with Crippen LogP contribution in [0.2, 0.25) is 0 Å². The number of carbonyl (C=O) groups excluding carboxylic acids is 3. The highest BCUT2D eigenvalue weighted by Gasteiger charge is 2.38. The number of unbranched alkanes of at least 4 members (excludes halogenated alkanes) is 1. The van der Waals surface area contributed by atoms with Gasteiger partial charge in [0.15, 0.2) is 0 Å². The van der Waals surface area contributed by atoms with Crippen molar-refractivity contribution in [2.24, 2.45) is 0 Å². The van der Waals surface area contributed by atoms with Gasteiger partial charge in [-0.25, -0.2) is 0 Å². The Morgan fingerprint density at radius 1 is 1.07 bits per heavy atom. The zero-order valence-electron chi connectivity index (χ0n) is 16.5. The van der Waals surface area contributed by atoms with E-state index in [1.54, 1.807) is 0 Å². The summed E-state index contributed by atoms with van der Waals surface area (Å²) in [7, 11) is 0. The lowest BCUT2D eigenvalue weighted by atomic mass is 9.85. The first-order valence-corrected chi connectivity index (χ1v) is 9.83. The smallest absolute Gasteiger partial charge is 0.234 e. The second-order valence-electron chi connectivity index (χ2n) is 8.00. The molecule has 6 heteroatoms. The molecule has 0 unspecified atom stereocenters. The molecule has 146 valence electrons. The topological polar surface area (TPSA) is 69.7 Å². The van der Waals surface area contributed by atoms with Gasteiger partial charge in [0.2, 0.25) is 17.7 Å². The van der Waals surface area contributed by atoms with Gasteiger partial charge in [-0.2, -0.15) is 0 Å². The van der Waals surface area contributed by atoms with Gasteiger partial charge in [0.05, 0.1) is 11.8 Å². The lowest BCUT2D eigenvalue weighted by Gasteiger charge is -2.35. The van der Waals surface area contributed by atoms with Crippen LogP contribution in [0.1, 0.15) is 51.2 Å². The molecule has 2 aliphatic rings. The van der Waals surface area contributed by atoms with Gasteiger partial charge in [-0.15, -0.1) is 0 Å². The van der Waals surface area contributed by atoms with Crippen molar-refractivity contribution in [3.8, 4) is 0 Å². The van der Waals surface area contributed by atoms with Crippen molar-refractivity contribution in [2.45, 2.75) is 51.9 Å². The van der Waals surface area contributed by atoms with E-state index in [1.165, 1.54) is 0 Å². The van der Waals surface area contributed by atoms with Crippen LogP contribution in [-0.4, -0.2) is 53.7 Å². The van der Waals surface area contributed by atoms with E-state index in [4.69, 9.17) is 0 Å². The van der Waals surface area contributed by atoms with Crippen LogP contribution in [0.15, 0.2) is 18.2 Å². The van der Waals surface area contributed by atoms with Crippen molar-refractivity contribution in [3.05, 3.63) is 29.3 Å². The third kappa shape index (κ3) is 3.99. The van der Waals surface area contributed by atoms with Gasteiger partial charge in [-0.3, -0.25) is 14.4 Å². The Bertz CT molecular complexity index is 749. The number of rotatable bonds is 5. The molecule has 1 aromatic rings. The first-order valence-electron chi connectivity index (χ1n) is 9.83. The van der Waals surface area contributed by atoms with Crippen LogP contribution in [0.25, 0.3) is 0 Å². The van der Waals surface area contributed by atoms with Gasteiger partial charge in [-0.05, 0) is 37.5 Å². The number of amides is 3. The maximum atomic E-state index is 12.7. The summed E-state index contributed by atoms with van der Waals surface area (Å²) in [5, 5.41) is 2.89. The minimum atomic E-state index is -0.571. The van der Waals surface area contributed by atoms with E-state index in [-0.39, 0.29) is 17.7 Å². The van der Waals surface area contributed by atoms with E-state index in [9.17, 15) is 14.4 Å². The van der Waals surface area contributed by atoms with Crippen LogP contribution in [0.4, 0.5) is 5.69 Å². The largest absolute Gasteiger partial charge is 0.339 e. The average molecular weight is 371 g/mol. The van der Waals surface area contributed by atoms with Crippen LogP contribution in [0.5, 0.6) is 0 Å². The number of carbonyl (C=O) groups is 3. The first kappa shape index (κ1) is 19.4. The molecule has 1 fully saturated rings. The minimum Gasteiger partial charge on any atom is -0.339 e. The molecule has 2 heterocycles. The van der Waals surface area contributed by atoms with Crippen molar-refractivity contribution in [2.75, 3.05) is 31.5 Å². The van der Waals surface area contributed by atoms with E-state index in [1.807, 2.05) is 41.8 Å². The quantitative estimate of drug-likeness (QED) is 0.864. The summed E-state index contributed by atoms with van der Waals surface area (Å²) in [6.45, 7) is 8.28. The number of hydrogen-bond acceptors (Lipinski definition) is 3. The molecule has 0 radical (unpaired) electrons. The first-order chi connectivity index (χ1) is 12.8. The van der Waals surface area contributed by atoms with Crippen molar-refractivity contribution in [1.82, 2.24) is 9.80 Å². The maximum Gasteiger partial charge on any atom is 0.234 e. The molecular weight excluding hydrogens is 342 g/mol. The lowest BCUT2D eigenvalue weighted by Crippen LogP contribution is -2.50. The number of benzene rings is 1. The molecule has 2 aliphatic heterocycles. The molecule has 0 aliphatic carbocycles. The fourth-order valence-corrected chi connectivity index (χ4v) is 3.71. The van der Waals surface area contributed by atoms with E-state index in [0.29, 0.717) is 39.0 Å². The molecule has 0 aromatic heterocycles. The molecule has 27 heavy (non-hydrogen) atoms. The van der Waals surface area contributed by atoms with Gasteiger partial charge in [-0.1, -0.05) is 25.5 Å². The third-order valence-corrected chi connectivity index (χ3v) is 5.66. The predicted molar refractivity (Wildman–Crippen MR) is 104 cm³/mol. The third-order valence-electron chi connectivity index (χ3n) is 5.66. The second kappa shape index (κ2) is 7.71. The summed E-state index contributed by atoms with van der Waals surface area (Å²) in [5.74, 6) is 0.262. The highest BCUT2D eigenvalue weighted by molar-refractivity contribution is 6.05. The molecule has 3 rings (SSSR count). The molecular formula is C21H29N3O3. The van der Waals surface area contributed by atoms with Crippen molar-refractivity contribution < 1.29 is 14.4 Å². The van der Waals surface area contributed by atoms with Crippen LogP contribution in [0, 0.1) is 0 Å². The standard InChI is InChI=1S/C21H29N3O3/c1-4-5-6-18(25)23-9-11-24(12-10-23)19(26)14-15-7-8-17-16(13-15)21(2,3)20(27)22-17/h7-8,13H,4-6,9-12,14H2,1-3H3,(H,22,27). The van der Waals surface area contributed by atoms with Crippen LogP contribution in [-0.2, 0) is 26.2 Å². The lowest BCUT2D eigenvalue weighted by molar-refractivity contribution is -0.139. The number of hydrogen-bond donors (Lipinski definition) is 1. The maximum absolute atomic E-state index is 12.7. The number of anilines is 1. The molecule has 0 bridgehead atoms. The fraction of sp³-hybridized carbons (Fsp3) is 0.571. The van der Waals surface area contributed by atoms with Gasteiger partial charge in [0, 0.05) is 38.3 Å². The van der Waals surface area contributed by atoms with E-state index in [2.05, 4.69) is 12.2 Å². The van der Waals surface area contributed by atoms with Gasteiger partial charge < -0.3 is 15.1 Å². The van der Waals surface area contributed by atoms with Crippen LogP contribution in [0.3, 0.4) is 0 Å². The Morgan fingerprint density at radius 3 is 2.33 bits per heavy atom. The van der Waals surface area contributed by atoms with Crippen molar-refractivity contribution >= 4 is 23.4 Å². The van der Waals surface area contributed by atoms with Crippen LogP contribution >= 0.6 is 0 Å². The monoisotopic (exact) mass is 371 g/mol. The van der Waals surface area contributed by atoms with Gasteiger partial charge >= 0.3 is 0 Å². The molecule has 0 atom stereocenters. The molecule has 1 saturated heterocycles. The predicted octanol–water partition coefficient (Wildman–Crippen LogP) is 2.32. The van der Waals surface area contributed by atoms with E-state index in [0.717, 1.165) is 29.7 Å². The Balaban J connectivity index is 1.57. The fourth-order valence-electron chi connectivity index (χ4n) is 3.71. The zero-order valence-corrected chi connectivity index (χ0v) is 16.5. The number of fused-ring (bicyclic) bond motifs is 1. The SMILES string of the molecule is CCCCC(=O)N1CCN(C(=O)Cc2ccc3c(c2)C(C)(C)C(=O)N3)CC1. The Hall–Kier alpha value is -2.37. The van der Waals surface area contributed by atoms with Gasteiger partial charge in [0.25, 0.3) is 0 Å². The summed E-state index contributed by atoms with van der Waals surface area (Å²) in [6, 6.07) is 5.76. The summed E-state index contributed by atoms with van der Waals surface area (Å²) in [6.07, 6.45) is 2.86. The normalized spacial score (nSPS) is 18.3. The number of nitrogens with one attached hydrogen (secondary N) is 1. The van der Waals surface area contributed by atoms with Gasteiger partial charge in [0.1, 0.15) is 0 Å². The highest BCUT2D eigenvalue weighted by atomic mass is 16.2. The average Bonchev–Trinajstić information content (AvgIpc) is 2.89. The summed E-state index contributed by atoms with van der Waals surface area (Å²) < 4.78 is 0. The molecule has 1 N–H and O–H groups in total. The Labute approximate surface area is 160 Å². The highest BCUT2D eigenvalue weighted by Crippen LogP contribution is 2.37. The number of piperazine rings is 1. The molecule has 1 aromatic carbocycles. The molecule has 0 spiro atoms. The summed E-state index contributed by atoms with van der Waals surface area (Å²) in [5.41, 5.74) is 2.13. The zero-order chi connectivity index (χ0) is 19.6.